The number of carbonyl (C=O) groups is 1. The van der Waals surface area contributed by atoms with Crippen molar-refractivity contribution in [2.24, 2.45) is 0 Å². The molecule has 9 heteroatoms. The van der Waals surface area contributed by atoms with Crippen LogP contribution in [0.1, 0.15) is 16.6 Å². The van der Waals surface area contributed by atoms with Crippen LogP contribution in [0, 0.1) is 0 Å². The fraction of sp³-hybridized carbons (Fsp3) is 0.267. The zero-order valence-corrected chi connectivity index (χ0v) is 15.8. The van der Waals surface area contributed by atoms with Crippen LogP contribution in [0.3, 0.4) is 0 Å². The highest BCUT2D eigenvalue weighted by Gasteiger charge is 2.23. The van der Waals surface area contributed by atoms with Crippen molar-refractivity contribution in [2.45, 2.75) is 11.8 Å². The van der Waals surface area contributed by atoms with Gasteiger partial charge in [0.1, 0.15) is 10.6 Å². The minimum Gasteiger partial charge on any atom is -0.492 e. The molecule has 24 heavy (non-hydrogen) atoms. The van der Waals surface area contributed by atoms with Crippen LogP contribution < -0.4 is 10.1 Å². The van der Waals surface area contributed by atoms with Crippen molar-refractivity contribution in [3.63, 3.8) is 0 Å². The lowest BCUT2D eigenvalue weighted by Crippen LogP contribution is -2.23. The van der Waals surface area contributed by atoms with Gasteiger partial charge in [0.05, 0.1) is 15.8 Å². The normalized spacial score (nSPS) is 11.5. The fourth-order valence-electron chi connectivity index (χ4n) is 1.89. The molecule has 0 bridgehead atoms. The number of thiophene rings is 1. The fourth-order valence-corrected chi connectivity index (χ4v) is 3.88. The molecule has 0 unspecified atom stereocenters. The zero-order chi connectivity index (χ0) is 17.9. The first-order chi connectivity index (χ1) is 11.3. The van der Waals surface area contributed by atoms with Crippen molar-refractivity contribution < 1.29 is 17.9 Å². The van der Waals surface area contributed by atoms with Crippen molar-refractivity contribution in [1.82, 2.24) is 4.31 Å². The van der Waals surface area contributed by atoms with Gasteiger partial charge in [0.15, 0.2) is 0 Å². The smallest absolute Gasteiger partial charge is 0.265 e. The lowest BCUT2D eigenvalue weighted by Gasteiger charge is -2.16. The van der Waals surface area contributed by atoms with Crippen LogP contribution in [0.4, 0.5) is 5.69 Å². The second-order valence-electron chi connectivity index (χ2n) is 4.94. The largest absolute Gasteiger partial charge is 0.492 e. The Bertz CT molecular complexity index is 847. The molecule has 0 saturated carbocycles. The van der Waals surface area contributed by atoms with Crippen LogP contribution in [-0.2, 0) is 10.0 Å². The summed E-state index contributed by atoms with van der Waals surface area (Å²) in [5.74, 6) is -0.118. The summed E-state index contributed by atoms with van der Waals surface area (Å²) < 4.78 is 31.9. The van der Waals surface area contributed by atoms with E-state index in [4.69, 9.17) is 16.3 Å². The number of sulfonamides is 1. The maximum Gasteiger partial charge on any atom is 0.265 e. The molecule has 0 aliphatic carbocycles. The van der Waals surface area contributed by atoms with Gasteiger partial charge < -0.3 is 10.1 Å². The first kappa shape index (κ1) is 18.7. The number of carbonyl (C=O) groups excluding carboxylic acids is 1. The number of anilines is 1. The molecule has 1 aromatic carbocycles. The van der Waals surface area contributed by atoms with Crippen LogP contribution >= 0.6 is 22.9 Å². The summed E-state index contributed by atoms with van der Waals surface area (Å²) in [6, 6.07) is 7.73. The van der Waals surface area contributed by atoms with E-state index in [9.17, 15) is 13.2 Å². The maximum absolute atomic E-state index is 12.5. The molecule has 2 aromatic rings. The van der Waals surface area contributed by atoms with E-state index in [0.29, 0.717) is 21.5 Å². The third kappa shape index (κ3) is 4.07. The lowest BCUT2D eigenvalue weighted by atomic mass is 10.3. The van der Waals surface area contributed by atoms with Crippen LogP contribution in [0.5, 0.6) is 5.75 Å². The third-order valence-corrected chi connectivity index (χ3v) is 6.12. The van der Waals surface area contributed by atoms with Gasteiger partial charge >= 0.3 is 0 Å². The van der Waals surface area contributed by atoms with E-state index in [1.54, 1.807) is 25.1 Å². The van der Waals surface area contributed by atoms with E-state index in [1.807, 2.05) is 0 Å². The highest BCUT2D eigenvalue weighted by atomic mass is 35.5. The molecule has 1 heterocycles. The average Bonchev–Trinajstić information content (AvgIpc) is 2.95. The SMILES string of the molecule is CCOc1ccc(NC(=O)c2ccc(Cl)s2)cc1S(=O)(=O)N(C)C. The average molecular weight is 389 g/mol. The summed E-state index contributed by atoms with van der Waals surface area (Å²) in [6.45, 7) is 2.09. The maximum atomic E-state index is 12.5. The minimum absolute atomic E-state index is 0.00337. The molecule has 1 amide bonds. The van der Waals surface area contributed by atoms with Gasteiger partial charge in [0, 0.05) is 19.8 Å². The Hall–Kier alpha value is -1.61. The molecule has 0 saturated heterocycles. The highest BCUT2D eigenvalue weighted by molar-refractivity contribution is 7.89. The lowest BCUT2D eigenvalue weighted by molar-refractivity contribution is 0.103. The number of hydrogen-bond acceptors (Lipinski definition) is 5. The summed E-state index contributed by atoms with van der Waals surface area (Å²) in [6.07, 6.45) is 0. The standard InChI is InChI=1S/C15H17ClN2O4S2/c1-4-22-11-6-5-10(9-13(11)24(20,21)18(2)3)17-15(19)12-7-8-14(16)23-12/h5-9H,4H2,1-3H3,(H,17,19). The van der Waals surface area contributed by atoms with Crippen molar-refractivity contribution in [2.75, 3.05) is 26.0 Å². The van der Waals surface area contributed by atoms with E-state index in [1.165, 1.54) is 26.2 Å². The van der Waals surface area contributed by atoms with Crippen LogP contribution in [-0.4, -0.2) is 39.3 Å². The summed E-state index contributed by atoms with van der Waals surface area (Å²) in [4.78, 5) is 12.6. The van der Waals surface area contributed by atoms with Gasteiger partial charge in [-0.25, -0.2) is 12.7 Å². The highest BCUT2D eigenvalue weighted by Crippen LogP contribution is 2.30. The van der Waals surface area contributed by atoms with E-state index in [2.05, 4.69) is 5.32 Å². The second-order valence-corrected chi connectivity index (χ2v) is 8.78. The van der Waals surface area contributed by atoms with Gasteiger partial charge in [-0.05, 0) is 37.3 Å². The number of amides is 1. The molecule has 0 atom stereocenters. The summed E-state index contributed by atoms with van der Waals surface area (Å²) >= 11 is 6.96. The number of nitrogens with zero attached hydrogens (tertiary/aromatic N) is 1. The van der Waals surface area contributed by atoms with E-state index in [-0.39, 0.29) is 16.6 Å². The van der Waals surface area contributed by atoms with Crippen molar-refractivity contribution in [3.05, 3.63) is 39.5 Å². The molecule has 0 radical (unpaired) electrons. The van der Waals surface area contributed by atoms with Gasteiger partial charge in [-0.3, -0.25) is 4.79 Å². The van der Waals surface area contributed by atoms with E-state index < -0.39 is 10.0 Å². The first-order valence-corrected chi connectivity index (χ1v) is 9.65. The molecule has 2 rings (SSSR count). The summed E-state index contributed by atoms with van der Waals surface area (Å²) in [7, 11) is -0.841. The predicted octanol–water partition coefficient (Wildman–Crippen LogP) is 3.30. The Labute approximate surface area is 150 Å². The van der Waals surface area contributed by atoms with E-state index >= 15 is 0 Å². The number of ether oxygens (including phenoxy) is 1. The molecule has 0 aliphatic rings. The summed E-state index contributed by atoms with van der Waals surface area (Å²) in [5.41, 5.74) is 0.355. The Kier molecular flexibility index (Phi) is 5.87. The van der Waals surface area contributed by atoms with Gasteiger partial charge in [-0.2, -0.15) is 0 Å². The number of benzene rings is 1. The van der Waals surface area contributed by atoms with Crippen LogP contribution in [0.25, 0.3) is 0 Å². The number of rotatable bonds is 6. The molecule has 1 N–H and O–H groups in total. The van der Waals surface area contributed by atoms with Gasteiger partial charge in [0.2, 0.25) is 10.0 Å². The molecular formula is C15H17ClN2O4S2. The van der Waals surface area contributed by atoms with Crippen molar-refractivity contribution in [1.29, 1.82) is 0 Å². The van der Waals surface area contributed by atoms with Crippen LogP contribution in [0.15, 0.2) is 35.2 Å². The Balaban J connectivity index is 2.37. The molecule has 6 nitrogen and oxygen atoms in total. The topological polar surface area (TPSA) is 75.7 Å². The van der Waals surface area contributed by atoms with Crippen LogP contribution in [0.2, 0.25) is 4.34 Å². The number of halogens is 1. The Morgan fingerprint density at radius 1 is 1.29 bits per heavy atom. The van der Waals surface area contributed by atoms with Crippen molar-refractivity contribution in [3.8, 4) is 5.75 Å². The number of nitrogens with one attached hydrogen (secondary N) is 1. The molecule has 130 valence electrons. The van der Waals surface area contributed by atoms with Gasteiger partial charge in [-0.15, -0.1) is 11.3 Å². The minimum atomic E-state index is -3.71. The molecular weight excluding hydrogens is 372 g/mol. The van der Waals surface area contributed by atoms with E-state index in [0.717, 1.165) is 15.6 Å². The molecule has 0 fully saturated rings. The third-order valence-electron chi connectivity index (χ3n) is 3.06. The Morgan fingerprint density at radius 3 is 2.54 bits per heavy atom. The van der Waals surface area contributed by atoms with Gasteiger partial charge in [-0.1, -0.05) is 11.6 Å². The molecule has 0 aliphatic heterocycles. The monoisotopic (exact) mass is 388 g/mol. The summed E-state index contributed by atoms with van der Waals surface area (Å²) in [5, 5.41) is 2.67. The molecule has 1 aromatic heterocycles. The molecule has 0 spiro atoms. The Morgan fingerprint density at radius 2 is 2.00 bits per heavy atom. The van der Waals surface area contributed by atoms with Gasteiger partial charge in [0.25, 0.3) is 5.91 Å². The second kappa shape index (κ2) is 7.52. The van der Waals surface area contributed by atoms with Crippen molar-refractivity contribution >= 4 is 44.6 Å². The number of hydrogen-bond donors (Lipinski definition) is 1. The quantitative estimate of drug-likeness (QED) is 0.823. The predicted molar refractivity (Wildman–Crippen MR) is 95.8 cm³/mol. The zero-order valence-electron chi connectivity index (χ0n) is 13.4. The first-order valence-electron chi connectivity index (χ1n) is 7.01.